The smallest absolute Gasteiger partial charge is 0.251 e. The number of carbonyl (C=O) groups is 1. The normalized spacial score (nSPS) is 16.8. The SMILES string of the molecule is CCOCC(=O)Nc1c2c(nn1C(C)(C)C)CS(=O)(=O)C2. The fraction of sp³-hybridized carbons (Fsp3) is 0.692. The van der Waals surface area contributed by atoms with E-state index in [0.29, 0.717) is 23.7 Å². The van der Waals surface area contributed by atoms with Crippen LogP contribution in [0.3, 0.4) is 0 Å². The van der Waals surface area contributed by atoms with Gasteiger partial charge in [-0.15, -0.1) is 0 Å². The van der Waals surface area contributed by atoms with Gasteiger partial charge in [0.25, 0.3) is 5.91 Å². The van der Waals surface area contributed by atoms with Crippen LogP contribution in [0.25, 0.3) is 0 Å². The van der Waals surface area contributed by atoms with Crippen LogP contribution in [0, 0.1) is 0 Å². The van der Waals surface area contributed by atoms with Crippen LogP contribution in [-0.2, 0) is 36.4 Å². The summed E-state index contributed by atoms with van der Waals surface area (Å²) in [6.45, 7) is 8.02. The van der Waals surface area contributed by atoms with Crippen LogP contribution >= 0.6 is 0 Å². The van der Waals surface area contributed by atoms with Gasteiger partial charge in [-0.3, -0.25) is 4.79 Å². The highest BCUT2D eigenvalue weighted by Crippen LogP contribution is 2.34. The molecule has 0 spiro atoms. The number of fused-ring (bicyclic) bond motifs is 1. The predicted molar refractivity (Wildman–Crippen MR) is 78.7 cm³/mol. The summed E-state index contributed by atoms with van der Waals surface area (Å²) in [4.78, 5) is 11.9. The Balaban J connectivity index is 2.36. The van der Waals surface area contributed by atoms with Gasteiger partial charge in [0.2, 0.25) is 0 Å². The molecule has 0 bridgehead atoms. The first kappa shape index (κ1) is 16.0. The summed E-state index contributed by atoms with van der Waals surface area (Å²) in [5.74, 6) is 0.000188. The Bertz CT molecular complexity index is 656. The van der Waals surface area contributed by atoms with Gasteiger partial charge in [0.1, 0.15) is 12.4 Å². The molecule has 0 fully saturated rings. The largest absolute Gasteiger partial charge is 0.372 e. The van der Waals surface area contributed by atoms with E-state index in [1.807, 2.05) is 20.8 Å². The van der Waals surface area contributed by atoms with Crippen LogP contribution in [0.5, 0.6) is 0 Å². The fourth-order valence-electron chi connectivity index (χ4n) is 2.22. The lowest BCUT2D eigenvalue weighted by Crippen LogP contribution is -2.29. The number of nitrogens with zero attached hydrogens (tertiary/aromatic N) is 2. The minimum atomic E-state index is -3.16. The molecule has 0 unspecified atom stereocenters. The predicted octanol–water partition coefficient (Wildman–Crippen LogP) is 1.04. The van der Waals surface area contributed by atoms with Gasteiger partial charge in [0.05, 0.1) is 22.7 Å². The molecule has 0 saturated carbocycles. The summed E-state index contributed by atoms with van der Waals surface area (Å²) in [6.07, 6.45) is 0. The zero-order valence-electron chi connectivity index (χ0n) is 12.8. The van der Waals surface area contributed by atoms with Crippen molar-refractivity contribution in [2.24, 2.45) is 0 Å². The summed E-state index contributed by atoms with van der Waals surface area (Å²) in [7, 11) is -3.16. The van der Waals surface area contributed by atoms with E-state index >= 15 is 0 Å². The Hall–Kier alpha value is -1.41. The van der Waals surface area contributed by atoms with Crippen molar-refractivity contribution < 1.29 is 17.9 Å². The van der Waals surface area contributed by atoms with Crippen molar-refractivity contribution >= 4 is 21.6 Å². The molecule has 0 aliphatic carbocycles. The van der Waals surface area contributed by atoms with Gasteiger partial charge in [-0.05, 0) is 27.7 Å². The molecule has 1 aliphatic heterocycles. The summed E-state index contributed by atoms with van der Waals surface area (Å²) >= 11 is 0. The molecule has 1 amide bonds. The van der Waals surface area contributed by atoms with E-state index in [0.717, 1.165) is 0 Å². The van der Waals surface area contributed by atoms with Gasteiger partial charge in [0, 0.05) is 12.2 Å². The van der Waals surface area contributed by atoms with Gasteiger partial charge in [-0.25, -0.2) is 13.1 Å². The third-order valence-corrected chi connectivity index (χ3v) is 4.56. The number of hydrogen-bond donors (Lipinski definition) is 1. The summed E-state index contributed by atoms with van der Waals surface area (Å²) < 4.78 is 30.2. The standard InChI is InChI=1S/C13H21N3O4S/c1-5-20-6-11(17)14-12-9-7-21(18,19)8-10(9)15-16(12)13(2,3)4/h5-8H2,1-4H3,(H,14,17). The van der Waals surface area contributed by atoms with E-state index < -0.39 is 9.84 Å². The maximum Gasteiger partial charge on any atom is 0.251 e. The average Bonchev–Trinajstić information content (AvgIpc) is 2.80. The molecule has 8 heteroatoms. The van der Waals surface area contributed by atoms with Gasteiger partial charge in [0.15, 0.2) is 9.84 Å². The molecule has 1 aromatic heterocycles. The van der Waals surface area contributed by atoms with Crippen molar-refractivity contribution in [2.75, 3.05) is 18.5 Å². The highest BCUT2D eigenvalue weighted by atomic mass is 32.2. The minimum Gasteiger partial charge on any atom is -0.372 e. The van der Waals surface area contributed by atoms with Crippen LogP contribution < -0.4 is 5.32 Å². The van der Waals surface area contributed by atoms with Crippen molar-refractivity contribution in [1.29, 1.82) is 0 Å². The summed E-state index contributed by atoms with van der Waals surface area (Å²) in [6, 6.07) is 0. The Morgan fingerprint density at radius 2 is 2.05 bits per heavy atom. The van der Waals surface area contributed by atoms with E-state index in [2.05, 4.69) is 10.4 Å². The third kappa shape index (κ3) is 3.44. The molecule has 1 aromatic rings. The average molecular weight is 315 g/mol. The number of ether oxygens (including phenoxy) is 1. The van der Waals surface area contributed by atoms with Gasteiger partial charge >= 0.3 is 0 Å². The third-order valence-electron chi connectivity index (χ3n) is 3.12. The van der Waals surface area contributed by atoms with Crippen LogP contribution in [0.2, 0.25) is 0 Å². The quantitative estimate of drug-likeness (QED) is 0.896. The molecular formula is C13H21N3O4S. The Labute approximate surface area is 124 Å². The van der Waals surface area contributed by atoms with Crippen molar-refractivity contribution in [3.8, 4) is 0 Å². The van der Waals surface area contributed by atoms with E-state index in [4.69, 9.17) is 4.74 Å². The second-order valence-electron chi connectivity index (χ2n) is 6.07. The molecule has 1 aliphatic rings. The number of hydrogen-bond acceptors (Lipinski definition) is 5. The molecule has 118 valence electrons. The van der Waals surface area contributed by atoms with Gasteiger partial charge in [-0.2, -0.15) is 5.10 Å². The maximum absolute atomic E-state index is 11.9. The molecule has 0 atom stereocenters. The van der Waals surface area contributed by atoms with Gasteiger partial charge in [-0.1, -0.05) is 0 Å². The number of carbonyl (C=O) groups excluding carboxylic acids is 1. The number of amides is 1. The number of nitrogens with one attached hydrogen (secondary N) is 1. The second-order valence-corrected chi connectivity index (χ2v) is 8.14. The highest BCUT2D eigenvalue weighted by molar-refractivity contribution is 7.90. The Morgan fingerprint density at radius 1 is 1.38 bits per heavy atom. The van der Waals surface area contributed by atoms with Crippen molar-refractivity contribution in [3.63, 3.8) is 0 Å². The van der Waals surface area contributed by atoms with E-state index in [-0.39, 0.29) is 29.6 Å². The topological polar surface area (TPSA) is 90.3 Å². The molecule has 0 saturated heterocycles. The van der Waals surface area contributed by atoms with Crippen LogP contribution in [0.15, 0.2) is 0 Å². The lowest BCUT2D eigenvalue weighted by Gasteiger charge is -2.23. The van der Waals surface area contributed by atoms with E-state index in [1.54, 1.807) is 11.6 Å². The molecular weight excluding hydrogens is 294 g/mol. The first-order valence-electron chi connectivity index (χ1n) is 6.83. The number of aromatic nitrogens is 2. The lowest BCUT2D eigenvalue weighted by molar-refractivity contribution is -0.120. The number of rotatable bonds is 4. The zero-order chi connectivity index (χ0) is 15.8. The first-order chi connectivity index (χ1) is 9.64. The Kier molecular flexibility index (Phi) is 4.12. The van der Waals surface area contributed by atoms with E-state index in [1.165, 1.54) is 0 Å². The molecule has 1 N–H and O–H groups in total. The summed E-state index contributed by atoms with van der Waals surface area (Å²) in [5, 5.41) is 7.12. The van der Waals surface area contributed by atoms with Crippen LogP contribution in [-0.4, -0.2) is 37.3 Å². The Morgan fingerprint density at radius 3 is 2.62 bits per heavy atom. The van der Waals surface area contributed by atoms with Crippen LogP contribution in [0.4, 0.5) is 5.82 Å². The van der Waals surface area contributed by atoms with Crippen molar-refractivity contribution in [1.82, 2.24) is 9.78 Å². The molecule has 2 heterocycles. The lowest BCUT2D eigenvalue weighted by atomic mass is 10.1. The molecule has 7 nitrogen and oxygen atoms in total. The van der Waals surface area contributed by atoms with E-state index in [9.17, 15) is 13.2 Å². The molecule has 21 heavy (non-hydrogen) atoms. The number of anilines is 1. The number of sulfone groups is 1. The molecule has 2 rings (SSSR count). The van der Waals surface area contributed by atoms with Crippen molar-refractivity contribution in [3.05, 3.63) is 11.3 Å². The molecule has 0 radical (unpaired) electrons. The maximum atomic E-state index is 11.9. The monoisotopic (exact) mass is 315 g/mol. The van der Waals surface area contributed by atoms with Crippen molar-refractivity contribution in [2.45, 2.75) is 44.7 Å². The second kappa shape index (κ2) is 5.42. The zero-order valence-corrected chi connectivity index (χ0v) is 13.6. The fourth-order valence-corrected chi connectivity index (χ4v) is 3.71. The highest BCUT2D eigenvalue weighted by Gasteiger charge is 2.35. The van der Waals surface area contributed by atoms with Crippen LogP contribution in [0.1, 0.15) is 39.0 Å². The molecule has 0 aromatic carbocycles. The minimum absolute atomic E-state index is 0.0622. The first-order valence-corrected chi connectivity index (χ1v) is 8.65. The summed E-state index contributed by atoms with van der Waals surface area (Å²) in [5.41, 5.74) is 0.758. The van der Waals surface area contributed by atoms with Gasteiger partial charge < -0.3 is 10.1 Å².